The Bertz CT molecular complexity index is 1120. The van der Waals surface area contributed by atoms with Crippen LogP contribution in [0.3, 0.4) is 0 Å². The summed E-state index contributed by atoms with van der Waals surface area (Å²) >= 11 is 0. The van der Waals surface area contributed by atoms with E-state index in [2.05, 4.69) is 59.2 Å². The highest BCUT2D eigenvalue weighted by Gasteiger charge is 2.20. The van der Waals surface area contributed by atoms with Crippen molar-refractivity contribution in [3.05, 3.63) is 48.6 Å². The van der Waals surface area contributed by atoms with Crippen LogP contribution < -0.4 is 10.6 Å². The third kappa shape index (κ3) is 32.4. The van der Waals surface area contributed by atoms with Gasteiger partial charge in [-0.3, -0.25) is 28.8 Å². The van der Waals surface area contributed by atoms with Gasteiger partial charge in [0, 0.05) is 54.6 Å². The van der Waals surface area contributed by atoms with Crippen LogP contribution in [0.4, 0.5) is 0 Å². The second-order valence-electron chi connectivity index (χ2n) is 13.6. The number of unbranched alkanes of at least 4 members (excludes halogenated alkanes) is 9. The molecule has 0 bridgehead atoms. The number of nitrogens with zero attached hydrogens (tertiary/aromatic N) is 2. The number of carbonyl (C=O) groups excluding carboxylic acids is 6. The van der Waals surface area contributed by atoms with Crippen molar-refractivity contribution in [2.24, 2.45) is 0 Å². The summed E-state index contributed by atoms with van der Waals surface area (Å²) in [5.41, 5.74) is 0. The fourth-order valence-corrected chi connectivity index (χ4v) is 5.58. The Kier molecular flexibility index (Phi) is 30.7. The molecule has 0 aromatic rings. The second kappa shape index (κ2) is 33.4. The third-order valence-electron chi connectivity index (χ3n) is 8.40. The predicted octanol–water partition coefficient (Wildman–Crippen LogP) is 6.51. The van der Waals surface area contributed by atoms with Crippen molar-refractivity contribution in [3.63, 3.8) is 0 Å². The average molecular weight is 759 g/mol. The second-order valence-corrected chi connectivity index (χ2v) is 13.6. The van der Waals surface area contributed by atoms with Crippen molar-refractivity contribution < 1.29 is 38.2 Å². The largest absolute Gasteiger partial charge is 0.459 e. The summed E-state index contributed by atoms with van der Waals surface area (Å²) in [6.45, 7) is 10.3. The molecule has 2 N–H and O–H groups in total. The van der Waals surface area contributed by atoms with Gasteiger partial charge in [-0.25, -0.2) is 0 Å². The highest BCUT2D eigenvalue weighted by molar-refractivity contribution is 5.75. The van der Waals surface area contributed by atoms with Crippen LogP contribution in [0.2, 0.25) is 0 Å². The highest BCUT2D eigenvalue weighted by atomic mass is 16.5. The molecule has 54 heavy (non-hydrogen) atoms. The zero-order valence-electron chi connectivity index (χ0n) is 34.1. The molecule has 0 aliphatic rings. The Morgan fingerprint density at radius 2 is 0.778 bits per heavy atom. The molecule has 0 aliphatic heterocycles. The van der Waals surface area contributed by atoms with Gasteiger partial charge in [-0.15, -0.1) is 0 Å². The molecule has 0 radical (unpaired) electrons. The van der Waals surface area contributed by atoms with E-state index in [1.165, 1.54) is 92.9 Å². The van der Waals surface area contributed by atoms with Crippen molar-refractivity contribution >= 4 is 35.6 Å². The number of hydrogen-bond donors (Lipinski definition) is 2. The normalized spacial score (nSPS) is 12.6. The number of rotatable bonds is 31. The zero-order chi connectivity index (χ0) is 40.4. The molecule has 0 fully saturated rings. The molecule has 306 valence electrons. The maximum Gasteiger partial charge on any atom is 0.303 e. The van der Waals surface area contributed by atoms with Gasteiger partial charge in [0.1, 0.15) is 12.2 Å². The minimum absolute atomic E-state index is 0.101. The highest BCUT2D eigenvalue weighted by Crippen LogP contribution is 2.12. The molecule has 12 nitrogen and oxygen atoms in total. The monoisotopic (exact) mass is 759 g/mol. The molecule has 0 heterocycles. The first-order chi connectivity index (χ1) is 25.8. The quantitative estimate of drug-likeness (QED) is 0.0462. The van der Waals surface area contributed by atoms with Crippen LogP contribution in [-0.4, -0.2) is 96.8 Å². The topological polar surface area (TPSA) is 151 Å². The average Bonchev–Trinajstić information content (AvgIpc) is 3.09. The van der Waals surface area contributed by atoms with Crippen LogP contribution >= 0.6 is 0 Å². The molecular formula is C42H70N4O8. The number of hydrogen-bond acceptors (Lipinski definition) is 8. The molecule has 4 amide bonds. The SMILES string of the molecule is CC(=O)NC[C@H](CN(CC/C=C\C/C=C\CCCCCCCCCC/C=C\C/C=C\CCN(C[C@H](CNC(C)=O)OC(C)=O)C(C)=O)C(C)=O)OC(C)=O. The van der Waals surface area contributed by atoms with E-state index in [-0.39, 0.29) is 49.8 Å². The van der Waals surface area contributed by atoms with E-state index in [1.54, 1.807) is 9.80 Å². The molecule has 0 rings (SSSR count). The lowest BCUT2D eigenvalue weighted by Crippen LogP contribution is -2.43. The molecule has 0 aromatic carbocycles. The summed E-state index contributed by atoms with van der Waals surface area (Å²) in [5.74, 6) is -1.52. The Morgan fingerprint density at radius 1 is 0.463 bits per heavy atom. The smallest absolute Gasteiger partial charge is 0.303 e. The molecule has 0 unspecified atom stereocenters. The minimum Gasteiger partial charge on any atom is -0.459 e. The maximum atomic E-state index is 12.1. The maximum absolute atomic E-state index is 12.1. The van der Waals surface area contributed by atoms with Gasteiger partial charge in [0.25, 0.3) is 0 Å². The van der Waals surface area contributed by atoms with Gasteiger partial charge >= 0.3 is 11.9 Å². The van der Waals surface area contributed by atoms with Gasteiger partial charge in [0.05, 0.1) is 26.2 Å². The fraction of sp³-hybridized carbons (Fsp3) is 0.667. The molecule has 0 spiro atoms. The first-order valence-electron chi connectivity index (χ1n) is 19.8. The first kappa shape index (κ1) is 49.8. The predicted molar refractivity (Wildman–Crippen MR) is 214 cm³/mol. The standard InChI is InChI=1S/C42H70N4O8/c1-35(47)43-31-41(53-39(5)51)33-45(37(3)49)29-27-25-23-21-19-17-15-13-11-9-7-8-10-12-14-16-18-20-22-24-26-28-30-46(38(4)50)34-42(54-40(6)52)32-44-36(2)48/h17-20,23-26,41-42H,7-16,21-22,27-34H2,1-6H3,(H,43,47)(H,44,48)/b19-17-,20-18-,25-23-,26-24-/t41-,42+. The number of nitrogens with one attached hydrogen (secondary N) is 2. The number of ether oxygens (including phenoxy) is 2. The van der Waals surface area contributed by atoms with Crippen molar-refractivity contribution in [3.8, 4) is 0 Å². The summed E-state index contributed by atoms with van der Waals surface area (Å²) in [5, 5.41) is 5.29. The Morgan fingerprint density at radius 3 is 1.07 bits per heavy atom. The molecule has 0 aromatic heterocycles. The first-order valence-corrected chi connectivity index (χ1v) is 19.8. The van der Waals surface area contributed by atoms with E-state index < -0.39 is 24.1 Å². The lowest BCUT2D eigenvalue weighted by molar-refractivity contribution is -0.149. The Labute approximate surface area is 325 Å². The minimum atomic E-state index is -0.581. The van der Waals surface area contributed by atoms with Crippen molar-refractivity contribution in [1.82, 2.24) is 20.4 Å². The van der Waals surface area contributed by atoms with E-state index in [9.17, 15) is 28.8 Å². The van der Waals surface area contributed by atoms with Crippen molar-refractivity contribution in [2.45, 2.75) is 144 Å². The van der Waals surface area contributed by atoms with Gasteiger partial charge in [0.2, 0.25) is 23.6 Å². The summed E-state index contributed by atoms with van der Waals surface area (Å²) < 4.78 is 10.5. The summed E-state index contributed by atoms with van der Waals surface area (Å²) in [6.07, 6.45) is 31.4. The molecule has 12 heteroatoms. The molecule has 0 aliphatic carbocycles. The summed E-state index contributed by atoms with van der Waals surface area (Å²) in [6, 6.07) is 0. The van der Waals surface area contributed by atoms with Crippen LogP contribution in [0.5, 0.6) is 0 Å². The fourth-order valence-electron chi connectivity index (χ4n) is 5.58. The van der Waals surface area contributed by atoms with Crippen LogP contribution in [0.15, 0.2) is 48.6 Å². The van der Waals surface area contributed by atoms with E-state index >= 15 is 0 Å². The number of carbonyl (C=O) groups is 6. The van der Waals surface area contributed by atoms with Crippen LogP contribution in [0.1, 0.15) is 131 Å². The molecule has 0 saturated carbocycles. The van der Waals surface area contributed by atoms with E-state index in [0.29, 0.717) is 25.9 Å². The molecule has 2 atom stereocenters. The Balaban J connectivity index is 3.93. The summed E-state index contributed by atoms with van der Waals surface area (Å²) in [4.78, 5) is 72.7. The number of allylic oxidation sites excluding steroid dienone is 6. The van der Waals surface area contributed by atoms with Crippen LogP contribution in [0, 0.1) is 0 Å². The van der Waals surface area contributed by atoms with E-state index in [4.69, 9.17) is 9.47 Å². The van der Waals surface area contributed by atoms with E-state index in [0.717, 1.165) is 25.7 Å². The van der Waals surface area contributed by atoms with Gasteiger partial charge in [0.15, 0.2) is 0 Å². The summed E-state index contributed by atoms with van der Waals surface area (Å²) in [7, 11) is 0. The molecule has 0 saturated heterocycles. The third-order valence-corrected chi connectivity index (χ3v) is 8.40. The van der Waals surface area contributed by atoms with Crippen molar-refractivity contribution in [1.29, 1.82) is 0 Å². The van der Waals surface area contributed by atoms with Crippen LogP contribution in [-0.2, 0) is 38.2 Å². The number of amides is 4. The zero-order valence-corrected chi connectivity index (χ0v) is 34.1. The van der Waals surface area contributed by atoms with E-state index in [1.807, 2.05) is 0 Å². The molecular weight excluding hydrogens is 688 g/mol. The van der Waals surface area contributed by atoms with Gasteiger partial charge in [-0.05, 0) is 51.4 Å². The Hall–Kier alpha value is -4.22. The van der Waals surface area contributed by atoms with Gasteiger partial charge in [-0.1, -0.05) is 87.1 Å². The van der Waals surface area contributed by atoms with Gasteiger partial charge in [-0.2, -0.15) is 0 Å². The van der Waals surface area contributed by atoms with Crippen LogP contribution in [0.25, 0.3) is 0 Å². The lowest BCUT2D eigenvalue weighted by atomic mass is 10.1. The van der Waals surface area contributed by atoms with Crippen molar-refractivity contribution in [2.75, 3.05) is 39.3 Å². The van der Waals surface area contributed by atoms with Gasteiger partial charge < -0.3 is 29.9 Å². The number of esters is 2. The lowest BCUT2D eigenvalue weighted by Gasteiger charge is -2.26.